The Labute approximate surface area is 182 Å². The second-order valence-corrected chi connectivity index (χ2v) is 8.27. The number of nitrogens with two attached hydrogens (primary N) is 1. The first-order chi connectivity index (χ1) is 15.1. The van der Waals surface area contributed by atoms with E-state index in [0.717, 1.165) is 29.5 Å². The molecule has 160 valence electrons. The van der Waals surface area contributed by atoms with Gasteiger partial charge in [0.2, 0.25) is 0 Å². The molecule has 1 aromatic heterocycles. The number of pyridine rings is 1. The Balaban J connectivity index is 1.45. The van der Waals surface area contributed by atoms with Gasteiger partial charge in [0, 0.05) is 37.9 Å². The van der Waals surface area contributed by atoms with E-state index in [-0.39, 0.29) is 23.6 Å². The highest BCUT2D eigenvalue weighted by molar-refractivity contribution is 5.94. The van der Waals surface area contributed by atoms with Crippen molar-refractivity contribution in [2.24, 2.45) is 5.73 Å². The van der Waals surface area contributed by atoms with Gasteiger partial charge in [0.25, 0.3) is 5.91 Å². The summed E-state index contributed by atoms with van der Waals surface area (Å²) in [6.07, 6.45) is 4.95. The van der Waals surface area contributed by atoms with Crippen molar-refractivity contribution >= 4 is 5.91 Å². The lowest BCUT2D eigenvalue weighted by molar-refractivity contribution is 0.0712. The highest BCUT2D eigenvalue weighted by Crippen LogP contribution is 2.31. The molecule has 0 bridgehead atoms. The van der Waals surface area contributed by atoms with Crippen LogP contribution < -0.4 is 5.73 Å². The van der Waals surface area contributed by atoms with Crippen LogP contribution in [0.5, 0.6) is 0 Å². The molecule has 1 aliphatic rings. The maximum Gasteiger partial charge on any atom is 0.255 e. The third-order valence-electron chi connectivity index (χ3n) is 6.32. The quantitative estimate of drug-likeness (QED) is 0.646. The Kier molecular flexibility index (Phi) is 6.42. The van der Waals surface area contributed by atoms with Gasteiger partial charge in [-0.3, -0.25) is 9.78 Å². The van der Waals surface area contributed by atoms with E-state index in [1.807, 2.05) is 41.4 Å². The van der Waals surface area contributed by atoms with E-state index >= 15 is 0 Å². The Bertz CT molecular complexity index is 1050. The van der Waals surface area contributed by atoms with E-state index in [4.69, 9.17) is 5.73 Å². The molecule has 5 heteroatoms. The number of carbonyl (C=O) groups excluding carboxylic acids is 1. The van der Waals surface area contributed by atoms with Crippen molar-refractivity contribution in [3.05, 3.63) is 101 Å². The molecule has 0 saturated carbocycles. The number of carbonyl (C=O) groups is 1. The summed E-state index contributed by atoms with van der Waals surface area (Å²) in [6, 6.07) is 17.3. The van der Waals surface area contributed by atoms with E-state index in [0.29, 0.717) is 25.2 Å². The Hall–Kier alpha value is -3.05. The van der Waals surface area contributed by atoms with E-state index in [2.05, 4.69) is 24.0 Å². The molecule has 0 radical (unpaired) electrons. The molecule has 1 saturated heterocycles. The number of halogens is 1. The van der Waals surface area contributed by atoms with Gasteiger partial charge < -0.3 is 10.6 Å². The maximum absolute atomic E-state index is 14.3. The summed E-state index contributed by atoms with van der Waals surface area (Å²) in [5, 5.41) is 0. The van der Waals surface area contributed by atoms with Gasteiger partial charge in [-0.1, -0.05) is 49.4 Å². The molecule has 2 aromatic carbocycles. The summed E-state index contributed by atoms with van der Waals surface area (Å²) in [6.45, 7) is 3.73. The fourth-order valence-corrected chi connectivity index (χ4v) is 4.35. The number of hydrogen-bond donors (Lipinski definition) is 1. The van der Waals surface area contributed by atoms with Crippen LogP contribution in [0.1, 0.15) is 64.2 Å². The normalized spacial score (nSPS) is 15.6. The molecule has 0 spiro atoms. The van der Waals surface area contributed by atoms with Crippen LogP contribution >= 0.6 is 0 Å². The highest BCUT2D eigenvalue weighted by atomic mass is 19.1. The number of hydrogen-bond acceptors (Lipinski definition) is 3. The summed E-state index contributed by atoms with van der Waals surface area (Å²) in [5.74, 6) is 0.0705. The van der Waals surface area contributed by atoms with Crippen molar-refractivity contribution in [2.75, 3.05) is 13.1 Å². The van der Waals surface area contributed by atoms with Gasteiger partial charge in [-0.05, 0) is 53.1 Å². The van der Waals surface area contributed by atoms with Crippen LogP contribution in [0.3, 0.4) is 0 Å². The van der Waals surface area contributed by atoms with E-state index < -0.39 is 0 Å². The predicted molar refractivity (Wildman–Crippen MR) is 120 cm³/mol. The Morgan fingerprint density at radius 2 is 1.84 bits per heavy atom. The molecule has 1 fully saturated rings. The van der Waals surface area contributed by atoms with Crippen LogP contribution in [0.25, 0.3) is 0 Å². The number of rotatable bonds is 5. The first-order valence-electron chi connectivity index (χ1n) is 10.8. The number of piperidine rings is 1. The summed E-state index contributed by atoms with van der Waals surface area (Å²) >= 11 is 0. The molecular weight excluding hydrogens is 389 g/mol. The molecular formula is C26H28FN3O. The number of nitrogens with zero attached hydrogens (tertiary/aromatic N) is 2. The van der Waals surface area contributed by atoms with Crippen LogP contribution in [0, 0.1) is 5.82 Å². The third-order valence-corrected chi connectivity index (χ3v) is 6.32. The SMILES string of the molecule is CC(c1ccccc1)c1cncc(C(=O)N2CCC(c3cc(CN)ccc3F)CC2)c1. The molecule has 2 heterocycles. The molecule has 4 rings (SSSR count). The largest absolute Gasteiger partial charge is 0.339 e. The molecule has 1 unspecified atom stereocenters. The first kappa shape index (κ1) is 21.2. The smallest absolute Gasteiger partial charge is 0.255 e. The zero-order valence-electron chi connectivity index (χ0n) is 17.8. The van der Waals surface area contributed by atoms with Gasteiger partial charge in [0.15, 0.2) is 0 Å². The van der Waals surface area contributed by atoms with E-state index in [1.165, 1.54) is 11.6 Å². The fourth-order valence-electron chi connectivity index (χ4n) is 4.35. The molecule has 1 amide bonds. The topological polar surface area (TPSA) is 59.2 Å². The fraction of sp³-hybridized carbons (Fsp3) is 0.308. The Morgan fingerprint density at radius 1 is 1.10 bits per heavy atom. The third kappa shape index (κ3) is 4.67. The van der Waals surface area contributed by atoms with Crippen LogP contribution in [0.2, 0.25) is 0 Å². The van der Waals surface area contributed by atoms with Crippen molar-refractivity contribution in [1.82, 2.24) is 9.88 Å². The van der Waals surface area contributed by atoms with Gasteiger partial charge in [-0.25, -0.2) is 4.39 Å². The first-order valence-corrected chi connectivity index (χ1v) is 10.8. The molecule has 1 atom stereocenters. The van der Waals surface area contributed by atoms with Gasteiger partial charge in [-0.15, -0.1) is 0 Å². The van der Waals surface area contributed by atoms with E-state index in [1.54, 1.807) is 12.3 Å². The van der Waals surface area contributed by atoms with Crippen LogP contribution in [0.4, 0.5) is 4.39 Å². The lowest BCUT2D eigenvalue weighted by Crippen LogP contribution is -2.38. The minimum Gasteiger partial charge on any atom is -0.339 e. The zero-order valence-corrected chi connectivity index (χ0v) is 17.8. The molecule has 31 heavy (non-hydrogen) atoms. The maximum atomic E-state index is 14.3. The van der Waals surface area contributed by atoms with Gasteiger partial charge in [0.1, 0.15) is 5.82 Å². The molecule has 2 N–H and O–H groups in total. The van der Waals surface area contributed by atoms with Crippen molar-refractivity contribution in [1.29, 1.82) is 0 Å². The van der Waals surface area contributed by atoms with Crippen molar-refractivity contribution in [3.63, 3.8) is 0 Å². The Morgan fingerprint density at radius 3 is 2.55 bits per heavy atom. The van der Waals surface area contributed by atoms with Gasteiger partial charge in [0.05, 0.1) is 5.56 Å². The molecule has 1 aliphatic heterocycles. The second-order valence-electron chi connectivity index (χ2n) is 8.27. The molecule has 0 aliphatic carbocycles. The minimum absolute atomic E-state index is 0.00996. The van der Waals surface area contributed by atoms with Crippen molar-refractivity contribution in [2.45, 2.75) is 38.1 Å². The molecule has 3 aromatic rings. The zero-order chi connectivity index (χ0) is 21.8. The number of likely N-dealkylation sites (tertiary alicyclic amines) is 1. The summed E-state index contributed by atoms with van der Waals surface area (Å²) < 4.78 is 14.3. The van der Waals surface area contributed by atoms with Crippen LogP contribution in [0.15, 0.2) is 67.0 Å². The predicted octanol–water partition coefficient (Wildman–Crippen LogP) is 4.85. The van der Waals surface area contributed by atoms with Crippen LogP contribution in [-0.4, -0.2) is 28.9 Å². The monoisotopic (exact) mass is 417 g/mol. The standard InChI is InChI=1S/C26H28FN3O/c1-18(20-5-3-2-4-6-20)22-14-23(17-29-16-22)26(31)30-11-9-21(10-12-30)24-13-19(15-28)7-8-25(24)27/h2-8,13-14,16-18,21H,9-12,15,28H2,1H3. The second kappa shape index (κ2) is 9.40. The lowest BCUT2D eigenvalue weighted by Gasteiger charge is -2.32. The number of benzene rings is 2. The average Bonchev–Trinajstić information content (AvgIpc) is 2.84. The molecule has 4 nitrogen and oxygen atoms in total. The summed E-state index contributed by atoms with van der Waals surface area (Å²) in [5.41, 5.74) is 10.2. The summed E-state index contributed by atoms with van der Waals surface area (Å²) in [4.78, 5) is 19.3. The minimum atomic E-state index is -0.186. The number of amides is 1. The van der Waals surface area contributed by atoms with Gasteiger partial charge in [-0.2, -0.15) is 0 Å². The van der Waals surface area contributed by atoms with Gasteiger partial charge >= 0.3 is 0 Å². The van der Waals surface area contributed by atoms with Crippen molar-refractivity contribution < 1.29 is 9.18 Å². The number of aromatic nitrogens is 1. The van der Waals surface area contributed by atoms with Crippen LogP contribution in [-0.2, 0) is 6.54 Å². The highest BCUT2D eigenvalue weighted by Gasteiger charge is 2.27. The van der Waals surface area contributed by atoms with Crippen molar-refractivity contribution in [3.8, 4) is 0 Å². The lowest BCUT2D eigenvalue weighted by atomic mass is 9.88. The summed E-state index contributed by atoms with van der Waals surface area (Å²) in [7, 11) is 0. The average molecular weight is 418 g/mol. The van der Waals surface area contributed by atoms with E-state index in [9.17, 15) is 9.18 Å².